The van der Waals surface area contributed by atoms with Gasteiger partial charge in [0, 0.05) is 19.5 Å². The first kappa shape index (κ1) is 23.7. The normalized spacial score (nSPS) is 15.5. The van der Waals surface area contributed by atoms with E-state index in [1.165, 1.54) is 48.8 Å². The zero-order valence-corrected chi connectivity index (χ0v) is 18.4. The van der Waals surface area contributed by atoms with Crippen molar-refractivity contribution < 1.29 is 18.7 Å². The maximum atomic E-state index is 13.0. The lowest BCUT2D eigenvalue weighted by Gasteiger charge is -2.24. The molecule has 1 aromatic carbocycles. The SMILES string of the molecule is CN(CC(C#CCC1CCCC1)OC(=O)C(C)(C)C)C(=O)/C=C/c1ccc(F)cc1. The predicted molar refractivity (Wildman–Crippen MR) is 117 cm³/mol. The number of likely N-dealkylation sites (N-methyl/N-ethyl adjacent to an activating group) is 1. The van der Waals surface area contributed by atoms with Crippen LogP contribution in [0.3, 0.4) is 0 Å². The van der Waals surface area contributed by atoms with E-state index in [-0.39, 0.29) is 24.2 Å². The molecule has 0 aliphatic heterocycles. The lowest BCUT2D eigenvalue weighted by molar-refractivity contribution is -0.157. The number of benzene rings is 1. The van der Waals surface area contributed by atoms with E-state index in [0.29, 0.717) is 5.92 Å². The highest BCUT2D eigenvalue weighted by atomic mass is 19.1. The Kier molecular flexibility index (Phi) is 8.65. The number of esters is 1. The van der Waals surface area contributed by atoms with E-state index < -0.39 is 11.5 Å². The van der Waals surface area contributed by atoms with Crippen LogP contribution in [0.25, 0.3) is 6.08 Å². The Morgan fingerprint density at radius 1 is 1.23 bits per heavy atom. The third-order valence-electron chi connectivity index (χ3n) is 5.09. The Morgan fingerprint density at radius 2 is 1.87 bits per heavy atom. The van der Waals surface area contributed by atoms with Gasteiger partial charge in [-0.3, -0.25) is 9.59 Å². The fraction of sp³-hybridized carbons (Fsp3) is 0.520. The van der Waals surface area contributed by atoms with Crippen LogP contribution in [0, 0.1) is 29.0 Å². The summed E-state index contributed by atoms with van der Waals surface area (Å²) in [5.74, 6) is 5.95. The molecule has 0 saturated heterocycles. The van der Waals surface area contributed by atoms with Crippen LogP contribution in [-0.4, -0.2) is 36.5 Å². The number of hydrogen-bond acceptors (Lipinski definition) is 3. The van der Waals surface area contributed by atoms with Crippen LogP contribution < -0.4 is 0 Å². The molecular formula is C25H32FNO3. The summed E-state index contributed by atoms with van der Waals surface area (Å²) in [7, 11) is 1.65. The Morgan fingerprint density at radius 3 is 2.47 bits per heavy atom. The second-order valence-electron chi connectivity index (χ2n) is 8.92. The molecule has 0 bridgehead atoms. The highest BCUT2D eigenvalue weighted by Gasteiger charge is 2.27. The number of carbonyl (C=O) groups excluding carboxylic acids is 2. The van der Waals surface area contributed by atoms with E-state index >= 15 is 0 Å². The van der Waals surface area contributed by atoms with Crippen molar-refractivity contribution in [2.24, 2.45) is 11.3 Å². The maximum Gasteiger partial charge on any atom is 0.312 e. The Hall–Kier alpha value is -2.61. The molecule has 0 N–H and O–H groups in total. The van der Waals surface area contributed by atoms with Crippen LogP contribution in [0.5, 0.6) is 0 Å². The van der Waals surface area contributed by atoms with Crippen molar-refractivity contribution >= 4 is 18.0 Å². The summed E-state index contributed by atoms with van der Waals surface area (Å²) in [4.78, 5) is 26.3. The van der Waals surface area contributed by atoms with Crippen LogP contribution in [0.2, 0.25) is 0 Å². The topological polar surface area (TPSA) is 46.6 Å². The van der Waals surface area contributed by atoms with Gasteiger partial charge in [-0.05, 0) is 63.3 Å². The summed E-state index contributed by atoms with van der Waals surface area (Å²) in [6, 6.07) is 5.88. The van der Waals surface area contributed by atoms with Crippen molar-refractivity contribution in [3.8, 4) is 11.8 Å². The van der Waals surface area contributed by atoms with Gasteiger partial charge >= 0.3 is 5.97 Å². The Balaban J connectivity index is 2.00. The van der Waals surface area contributed by atoms with Crippen molar-refractivity contribution in [1.82, 2.24) is 4.90 Å². The van der Waals surface area contributed by atoms with Crippen LogP contribution in [0.4, 0.5) is 4.39 Å². The third kappa shape index (κ3) is 8.02. The standard InChI is InChI=1S/C25H32FNO3/c1-25(2,3)24(29)30-22(11-7-10-19-8-5-6-9-19)18-27(4)23(28)17-14-20-12-15-21(26)16-13-20/h12-17,19,22H,5-6,8-10,18H2,1-4H3/b17-14+. The molecule has 1 fully saturated rings. The fourth-order valence-electron chi connectivity index (χ4n) is 3.16. The summed E-state index contributed by atoms with van der Waals surface area (Å²) in [5, 5.41) is 0. The Bertz CT molecular complexity index is 806. The molecule has 1 aromatic rings. The number of rotatable bonds is 6. The minimum absolute atomic E-state index is 0.187. The number of hydrogen-bond donors (Lipinski definition) is 0. The van der Waals surface area contributed by atoms with E-state index in [1.54, 1.807) is 46.0 Å². The van der Waals surface area contributed by atoms with Crippen molar-refractivity contribution in [2.45, 2.75) is 59.0 Å². The molecule has 1 amide bonds. The number of amides is 1. The third-order valence-corrected chi connectivity index (χ3v) is 5.09. The van der Waals surface area contributed by atoms with Gasteiger partial charge < -0.3 is 9.64 Å². The van der Waals surface area contributed by atoms with E-state index in [1.807, 2.05) is 0 Å². The molecule has 0 aromatic heterocycles. The van der Waals surface area contributed by atoms with Crippen LogP contribution in [0.15, 0.2) is 30.3 Å². The van der Waals surface area contributed by atoms with Crippen molar-refractivity contribution in [3.05, 3.63) is 41.7 Å². The molecule has 0 spiro atoms. The van der Waals surface area contributed by atoms with Gasteiger partial charge in [-0.15, -0.1) is 0 Å². The predicted octanol–water partition coefficient (Wildman–Crippen LogP) is 4.84. The lowest BCUT2D eigenvalue weighted by atomic mass is 9.97. The molecule has 4 nitrogen and oxygen atoms in total. The van der Waals surface area contributed by atoms with Crippen LogP contribution in [-0.2, 0) is 14.3 Å². The minimum Gasteiger partial charge on any atom is -0.447 e. The first-order chi connectivity index (χ1) is 14.1. The lowest BCUT2D eigenvalue weighted by Crippen LogP contribution is -2.37. The molecule has 30 heavy (non-hydrogen) atoms. The number of nitrogens with zero attached hydrogens (tertiary/aromatic N) is 1. The molecule has 2 rings (SSSR count). The Labute approximate surface area is 179 Å². The van der Waals surface area contributed by atoms with Gasteiger partial charge in [-0.25, -0.2) is 4.39 Å². The second-order valence-corrected chi connectivity index (χ2v) is 8.92. The smallest absolute Gasteiger partial charge is 0.312 e. The molecule has 162 valence electrons. The van der Waals surface area contributed by atoms with Gasteiger partial charge in [-0.1, -0.05) is 36.8 Å². The summed E-state index contributed by atoms with van der Waals surface area (Å²) in [5.41, 5.74) is 0.0846. The molecule has 0 heterocycles. The highest BCUT2D eigenvalue weighted by molar-refractivity contribution is 5.91. The van der Waals surface area contributed by atoms with Gasteiger partial charge in [-0.2, -0.15) is 0 Å². The molecule has 0 radical (unpaired) electrons. The highest BCUT2D eigenvalue weighted by Crippen LogP contribution is 2.27. The molecule has 1 aliphatic rings. The molecule has 1 aliphatic carbocycles. The van der Waals surface area contributed by atoms with Crippen molar-refractivity contribution in [3.63, 3.8) is 0 Å². The molecule has 1 saturated carbocycles. The minimum atomic E-state index is -0.675. The zero-order valence-electron chi connectivity index (χ0n) is 18.4. The summed E-state index contributed by atoms with van der Waals surface area (Å²) >= 11 is 0. The number of halogens is 1. The average Bonchev–Trinajstić information content (AvgIpc) is 3.19. The maximum absolute atomic E-state index is 13.0. The van der Waals surface area contributed by atoms with E-state index in [4.69, 9.17) is 4.74 Å². The van der Waals surface area contributed by atoms with E-state index in [2.05, 4.69) is 11.8 Å². The number of ether oxygens (including phenoxy) is 1. The first-order valence-corrected chi connectivity index (χ1v) is 10.5. The molecule has 1 unspecified atom stereocenters. The molecule has 5 heteroatoms. The van der Waals surface area contributed by atoms with Crippen LogP contribution in [0.1, 0.15) is 58.4 Å². The summed E-state index contributed by atoms with van der Waals surface area (Å²) in [6.45, 7) is 5.56. The van der Waals surface area contributed by atoms with E-state index in [9.17, 15) is 14.0 Å². The monoisotopic (exact) mass is 413 g/mol. The summed E-state index contributed by atoms with van der Waals surface area (Å²) < 4.78 is 18.6. The van der Waals surface area contributed by atoms with Gasteiger partial charge in [0.2, 0.25) is 5.91 Å². The first-order valence-electron chi connectivity index (χ1n) is 10.5. The van der Waals surface area contributed by atoms with Crippen molar-refractivity contribution in [2.75, 3.05) is 13.6 Å². The second kappa shape index (κ2) is 11.0. The van der Waals surface area contributed by atoms with Gasteiger partial charge in [0.15, 0.2) is 6.10 Å². The summed E-state index contributed by atoms with van der Waals surface area (Å²) in [6.07, 6.45) is 8.08. The van der Waals surface area contributed by atoms with Gasteiger partial charge in [0.1, 0.15) is 5.82 Å². The molecular weight excluding hydrogens is 381 g/mol. The van der Waals surface area contributed by atoms with Gasteiger partial charge in [0.05, 0.1) is 12.0 Å². The largest absolute Gasteiger partial charge is 0.447 e. The molecule has 1 atom stereocenters. The average molecular weight is 414 g/mol. The van der Waals surface area contributed by atoms with Crippen LogP contribution >= 0.6 is 0 Å². The quantitative estimate of drug-likeness (QED) is 0.381. The van der Waals surface area contributed by atoms with Gasteiger partial charge in [0.25, 0.3) is 0 Å². The van der Waals surface area contributed by atoms with Crippen molar-refractivity contribution in [1.29, 1.82) is 0 Å². The van der Waals surface area contributed by atoms with E-state index in [0.717, 1.165) is 12.0 Å². The number of carbonyl (C=O) groups is 2. The fourth-order valence-corrected chi connectivity index (χ4v) is 3.16. The zero-order chi connectivity index (χ0) is 22.1.